The van der Waals surface area contributed by atoms with E-state index in [0.717, 1.165) is 0 Å². The van der Waals surface area contributed by atoms with Gasteiger partial charge >= 0.3 is 0 Å². The molecule has 0 saturated carbocycles. The van der Waals surface area contributed by atoms with Crippen LogP contribution in [0.15, 0.2) is 18.2 Å². The molecular formula is C14H22N2O3. The maximum Gasteiger partial charge on any atom is 0.292 e. The number of nitro groups is 1. The molecule has 0 bridgehead atoms. The Morgan fingerprint density at radius 2 is 2.05 bits per heavy atom. The molecule has 1 rings (SSSR count). The fraction of sp³-hybridized carbons (Fsp3) is 0.571. The molecule has 0 radical (unpaired) electrons. The van der Waals surface area contributed by atoms with Crippen molar-refractivity contribution in [2.75, 3.05) is 19.0 Å². The first-order valence-corrected chi connectivity index (χ1v) is 6.32. The van der Waals surface area contributed by atoms with Gasteiger partial charge in [0, 0.05) is 18.7 Å². The van der Waals surface area contributed by atoms with Crippen molar-refractivity contribution in [1.29, 1.82) is 0 Å². The first-order valence-electron chi connectivity index (χ1n) is 6.32. The summed E-state index contributed by atoms with van der Waals surface area (Å²) >= 11 is 0. The first-order chi connectivity index (χ1) is 8.75. The summed E-state index contributed by atoms with van der Waals surface area (Å²) in [6.07, 6.45) is 0. The van der Waals surface area contributed by atoms with Crippen molar-refractivity contribution in [2.45, 2.75) is 27.7 Å². The number of nitrogens with zero attached hydrogens (tertiary/aromatic N) is 1. The Balaban J connectivity index is 2.89. The van der Waals surface area contributed by atoms with E-state index in [1.54, 1.807) is 19.2 Å². The van der Waals surface area contributed by atoms with E-state index in [4.69, 9.17) is 4.74 Å². The average Bonchev–Trinajstić information content (AvgIpc) is 2.33. The Kier molecular flexibility index (Phi) is 4.75. The minimum Gasteiger partial charge on any atom is -0.497 e. The SMILES string of the molecule is COc1ccc([N+](=O)[O-])c(NCC(C)C(C)(C)C)c1. The smallest absolute Gasteiger partial charge is 0.292 e. The van der Waals surface area contributed by atoms with Crippen LogP contribution in [0.2, 0.25) is 0 Å². The van der Waals surface area contributed by atoms with Gasteiger partial charge in [0.15, 0.2) is 0 Å². The number of benzene rings is 1. The van der Waals surface area contributed by atoms with Gasteiger partial charge in [-0.2, -0.15) is 0 Å². The third-order valence-electron chi connectivity index (χ3n) is 3.48. The van der Waals surface area contributed by atoms with Gasteiger partial charge in [0.1, 0.15) is 11.4 Å². The van der Waals surface area contributed by atoms with Gasteiger partial charge in [0.05, 0.1) is 12.0 Å². The molecule has 5 heteroatoms. The Labute approximate surface area is 114 Å². The van der Waals surface area contributed by atoms with Gasteiger partial charge in [0.2, 0.25) is 0 Å². The average molecular weight is 266 g/mol. The molecular weight excluding hydrogens is 244 g/mol. The number of hydrogen-bond acceptors (Lipinski definition) is 4. The van der Waals surface area contributed by atoms with Crippen molar-refractivity contribution in [2.24, 2.45) is 11.3 Å². The number of methoxy groups -OCH3 is 1. The van der Waals surface area contributed by atoms with Crippen LogP contribution in [0, 0.1) is 21.4 Å². The van der Waals surface area contributed by atoms with E-state index < -0.39 is 0 Å². The quantitative estimate of drug-likeness (QED) is 0.652. The Morgan fingerprint density at radius 3 is 2.53 bits per heavy atom. The molecule has 0 aliphatic heterocycles. The second kappa shape index (κ2) is 5.91. The number of rotatable bonds is 5. The van der Waals surface area contributed by atoms with E-state index >= 15 is 0 Å². The summed E-state index contributed by atoms with van der Waals surface area (Å²) in [5.41, 5.74) is 0.725. The first kappa shape index (κ1) is 15.3. The molecule has 1 unspecified atom stereocenters. The Morgan fingerprint density at radius 1 is 1.42 bits per heavy atom. The number of ether oxygens (including phenoxy) is 1. The van der Waals surface area contributed by atoms with Crippen LogP contribution in [0.5, 0.6) is 5.75 Å². The highest BCUT2D eigenvalue weighted by atomic mass is 16.6. The van der Waals surface area contributed by atoms with Crippen molar-refractivity contribution in [1.82, 2.24) is 0 Å². The van der Waals surface area contributed by atoms with Crippen molar-refractivity contribution in [3.63, 3.8) is 0 Å². The highest BCUT2D eigenvalue weighted by Crippen LogP contribution is 2.31. The molecule has 0 aliphatic rings. The molecule has 0 fully saturated rings. The van der Waals surface area contributed by atoms with Gasteiger partial charge < -0.3 is 10.1 Å². The van der Waals surface area contributed by atoms with Crippen LogP contribution in [-0.2, 0) is 0 Å². The highest BCUT2D eigenvalue weighted by molar-refractivity contribution is 5.64. The second-order valence-electron chi connectivity index (χ2n) is 5.79. The molecule has 0 heterocycles. The van der Waals surface area contributed by atoms with Gasteiger partial charge in [-0.1, -0.05) is 27.7 Å². The summed E-state index contributed by atoms with van der Waals surface area (Å²) in [4.78, 5) is 10.6. The third-order valence-corrected chi connectivity index (χ3v) is 3.48. The van der Waals surface area contributed by atoms with E-state index in [1.807, 2.05) is 0 Å². The summed E-state index contributed by atoms with van der Waals surface area (Å²) in [6, 6.07) is 4.72. The summed E-state index contributed by atoms with van der Waals surface area (Å²) in [5.74, 6) is 0.995. The second-order valence-corrected chi connectivity index (χ2v) is 5.79. The van der Waals surface area contributed by atoms with Crippen LogP contribution in [0.4, 0.5) is 11.4 Å². The lowest BCUT2D eigenvalue weighted by atomic mass is 9.82. The van der Waals surface area contributed by atoms with E-state index in [2.05, 4.69) is 33.0 Å². The predicted molar refractivity (Wildman–Crippen MR) is 76.8 cm³/mol. The minimum atomic E-state index is -0.385. The number of anilines is 1. The van der Waals surface area contributed by atoms with Crippen molar-refractivity contribution < 1.29 is 9.66 Å². The van der Waals surface area contributed by atoms with Gasteiger partial charge in [-0.25, -0.2) is 0 Å². The van der Waals surface area contributed by atoms with Gasteiger partial charge in [-0.05, 0) is 17.4 Å². The molecule has 1 N–H and O–H groups in total. The number of hydrogen-bond donors (Lipinski definition) is 1. The van der Waals surface area contributed by atoms with Crippen LogP contribution < -0.4 is 10.1 Å². The van der Waals surface area contributed by atoms with E-state index in [9.17, 15) is 10.1 Å². The monoisotopic (exact) mass is 266 g/mol. The van der Waals surface area contributed by atoms with Gasteiger partial charge in [-0.15, -0.1) is 0 Å². The van der Waals surface area contributed by atoms with Crippen LogP contribution in [-0.4, -0.2) is 18.6 Å². The van der Waals surface area contributed by atoms with Crippen molar-refractivity contribution in [3.8, 4) is 5.75 Å². The zero-order valence-corrected chi connectivity index (χ0v) is 12.2. The molecule has 1 aromatic rings. The maximum absolute atomic E-state index is 11.0. The highest BCUT2D eigenvalue weighted by Gasteiger charge is 2.21. The summed E-state index contributed by atoms with van der Waals surface area (Å²) in [6.45, 7) is 9.26. The van der Waals surface area contributed by atoms with Gasteiger partial charge in [-0.3, -0.25) is 10.1 Å². The topological polar surface area (TPSA) is 64.4 Å². The standard InChI is InChI=1S/C14H22N2O3/c1-10(14(2,3)4)9-15-12-8-11(19-5)6-7-13(12)16(17)18/h6-8,10,15H,9H2,1-5H3. The lowest BCUT2D eigenvalue weighted by Gasteiger charge is -2.27. The van der Waals surface area contributed by atoms with Crippen molar-refractivity contribution in [3.05, 3.63) is 28.3 Å². The Hall–Kier alpha value is -1.78. The fourth-order valence-corrected chi connectivity index (χ4v) is 1.51. The van der Waals surface area contributed by atoms with E-state index in [1.165, 1.54) is 6.07 Å². The molecule has 19 heavy (non-hydrogen) atoms. The molecule has 0 aliphatic carbocycles. The molecule has 1 aromatic carbocycles. The molecule has 0 spiro atoms. The van der Waals surface area contributed by atoms with Crippen LogP contribution in [0.3, 0.4) is 0 Å². The van der Waals surface area contributed by atoms with Crippen molar-refractivity contribution >= 4 is 11.4 Å². The van der Waals surface area contributed by atoms with Crippen LogP contribution in [0.25, 0.3) is 0 Å². The minimum absolute atomic E-state index is 0.0712. The lowest BCUT2D eigenvalue weighted by Crippen LogP contribution is -2.25. The van der Waals surface area contributed by atoms with E-state index in [-0.39, 0.29) is 16.0 Å². The molecule has 5 nitrogen and oxygen atoms in total. The normalized spacial score (nSPS) is 12.9. The largest absolute Gasteiger partial charge is 0.497 e. The van der Waals surface area contributed by atoms with Gasteiger partial charge in [0.25, 0.3) is 5.69 Å². The summed E-state index contributed by atoms with van der Waals surface area (Å²) in [7, 11) is 1.54. The third kappa shape index (κ3) is 4.12. The fourth-order valence-electron chi connectivity index (χ4n) is 1.51. The lowest BCUT2D eigenvalue weighted by molar-refractivity contribution is -0.384. The zero-order chi connectivity index (χ0) is 14.6. The molecule has 106 valence electrons. The zero-order valence-electron chi connectivity index (χ0n) is 12.2. The molecule has 1 atom stereocenters. The van der Waals surface area contributed by atoms with Crippen LogP contribution in [0.1, 0.15) is 27.7 Å². The number of nitro benzene ring substituents is 1. The number of nitrogens with one attached hydrogen (secondary N) is 1. The molecule has 0 aromatic heterocycles. The molecule has 0 amide bonds. The van der Waals surface area contributed by atoms with E-state index in [0.29, 0.717) is 23.9 Å². The maximum atomic E-state index is 11.0. The Bertz CT molecular complexity index is 452. The van der Waals surface area contributed by atoms with Crippen LogP contribution >= 0.6 is 0 Å². The summed E-state index contributed by atoms with van der Waals surface area (Å²) in [5, 5.41) is 14.1. The summed E-state index contributed by atoms with van der Waals surface area (Å²) < 4.78 is 5.10. The predicted octanol–water partition coefficient (Wildman–Crippen LogP) is 3.70. The molecule has 0 saturated heterocycles.